The van der Waals surface area contributed by atoms with Crippen LogP contribution in [-0.2, 0) is 19.9 Å². The Balaban J connectivity index is 1.85. The summed E-state index contributed by atoms with van der Waals surface area (Å²) in [6.45, 7) is 2.73. The molecule has 1 aromatic heterocycles. The van der Waals surface area contributed by atoms with Crippen LogP contribution in [0.1, 0.15) is 24.7 Å². The lowest BCUT2D eigenvalue weighted by Gasteiger charge is -2.13. The molecule has 2 aromatic rings. The summed E-state index contributed by atoms with van der Waals surface area (Å²) < 4.78 is 8.69. The third-order valence-electron chi connectivity index (χ3n) is 3.46. The van der Waals surface area contributed by atoms with Gasteiger partial charge in [-0.3, -0.25) is 4.68 Å². The fourth-order valence-corrected chi connectivity index (χ4v) is 3.02. The number of aromatic nitrogens is 2. The zero-order valence-corrected chi connectivity index (χ0v) is 14.1. The zero-order valence-electron chi connectivity index (χ0n) is 12.6. The number of aryl methyl sites for hydroxylation is 2. The summed E-state index contributed by atoms with van der Waals surface area (Å²) in [5.74, 6) is 0.889. The van der Waals surface area contributed by atoms with Gasteiger partial charge < -0.3 is 10.5 Å². The van der Waals surface area contributed by atoms with E-state index in [4.69, 9.17) is 10.5 Å². The molecule has 0 aliphatic heterocycles. The summed E-state index contributed by atoms with van der Waals surface area (Å²) in [5.41, 5.74) is 8.45. The molecule has 0 bridgehead atoms. The Bertz CT molecular complexity index is 568. The summed E-state index contributed by atoms with van der Waals surface area (Å²) in [5, 5.41) is 4.49. The fraction of sp³-hybridized carbons (Fsp3) is 0.438. The average molecular weight is 352 g/mol. The predicted octanol–water partition coefficient (Wildman–Crippen LogP) is 3.08. The van der Waals surface area contributed by atoms with E-state index in [0.717, 1.165) is 40.9 Å². The van der Waals surface area contributed by atoms with Crippen LogP contribution < -0.4 is 10.5 Å². The Labute approximate surface area is 134 Å². The first-order valence-electron chi connectivity index (χ1n) is 7.25. The lowest BCUT2D eigenvalue weighted by atomic mass is 10.1. The number of para-hydroxylation sites is 1. The number of rotatable bonds is 7. The Kier molecular flexibility index (Phi) is 5.82. The van der Waals surface area contributed by atoms with Gasteiger partial charge in [0, 0.05) is 19.5 Å². The van der Waals surface area contributed by atoms with Gasteiger partial charge in [-0.05, 0) is 40.9 Å². The molecule has 1 atom stereocenters. The van der Waals surface area contributed by atoms with Gasteiger partial charge in [0.1, 0.15) is 5.75 Å². The Morgan fingerprint density at radius 3 is 2.67 bits per heavy atom. The number of nitrogens with two attached hydrogens (primary N) is 1. The van der Waals surface area contributed by atoms with Crippen LogP contribution in [0, 0.1) is 0 Å². The van der Waals surface area contributed by atoms with Gasteiger partial charge in [0.05, 0.1) is 22.5 Å². The van der Waals surface area contributed by atoms with Gasteiger partial charge in [-0.1, -0.05) is 25.1 Å². The maximum Gasteiger partial charge on any atom is 0.119 e. The van der Waals surface area contributed by atoms with Crippen LogP contribution >= 0.6 is 15.9 Å². The van der Waals surface area contributed by atoms with Gasteiger partial charge in [-0.25, -0.2) is 0 Å². The van der Waals surface area contributed by atoms with E-state index in [1.807, 2.05) is 42.1 Å². The van der Waals surface area contributed by atoms with Crippen LogP contribution in [0.2, 0.25) is 0 Å². The number of nitrogens with zero attached hydrogens (tertiary/aromatic N) is 2. The summed E-state index contributed by atoms with van der Waals surface area (Å²) in [4.78, 5) is 0. The molecule has 0 spiro atoms. The zero-order chi connectivity index (χ0) is 15.2. The molecule has 21 heavy (non-hydrogen) atoms. The third kappa shape index (κ3) is 4.32. The smallest absolute Gasteiger partial charge is 0.119 e. The lowest BCUT2D eigenvalue weighted by Crippen LogP contribution is -2.26. The van der Waals surface area contributed by atoms with Crippen molar-refractivity contribution < 1.29 is 4.74 Å². The Hall–Kier alpha value is -1.33. The van der Waals surface area contributed by atoms with Crippen LogP contribution in [0.25, 0.3) is 0 Å². The van der Waals surface area contributed by atoms with Crippen molar-refractivity contribution >= 4 is 15.9 Å². The first-order valence-corrected chi connectivity index (χ1v) is 8.04. The molecule has 0 fully saturated rings. The van der Waals surface area contributed by atoms with Crippen molar-refractivity contribution in [2.45, 2.75) is 32.2 Å². The largest absolute Gasteiger partial charge is 0.494 e. The summed E-state index contributed by atoms with van der Waals surface area (Å²) >= 11 is 3.63. The Morgan fingerprint density at radius 2 is 2.05 bits per heavy atom. The van der Waals surface area contributed by atoms with Crippen LogP contribution in [0.15, 0.2) is 34.8 Å². The van der Waals surface area contributed by atoms with E-state index in [1.54, 1.807) is 0 Å². The molecule has 0 saturated heterocycles. The summed E-state index contributed by atoms with van der Waals surface area (Å²) in [6.07, 6.45) is 2.52. The average Bonchev–Trinajstić information content (AvgIpc) is 2.76. The molecule has 2 N–H and O–H groups in total. The number of benzene rings is 1. The highest BCUT2D eigenvalue weighted by molar-refractivity contribution is 9.10. The van der Waals surface area contributed by atoms with Crippen molar-refractivity contribution in [3.8, 4) is 5.75 Å². The van der Waals surface area contributed by atoms with Gasteiger partial charge in [-0.15, -0.1) is 0 Å². The highest BCUT2D eigenvalue weighted by Crippen LogP contribution is 2.23. The SMILES string of the molecule is CCc1nn(C)c(CC(N)CCOc2ccccc2)c1Br. The van der Waals surface area contributed by atoms with Crippen LogP contribution in [0.4, 0.5) is 0 Å². The summed E-state index contributed by atoms with van der Waals surface area (Å²) in [7, 11) is 1.96. The van der Waals surface area contributed by atoms with E-state index in [2.05, 4.69) is 28.0 Å². The maximum atomic E-state index is 6.22. The second-order valence-corrected chi connectivity index (χ2v) is 5.89. The molecule has 4 nitrogen and oxygen atoms in total. The van der Waals surface area contributed by atoms with Crippen LogP contribution in [-0.4, -0.2) is 22.4 Å². The van der Waals surface area contributed by atoms with Crippen molar-refractivity contribution in [3.63, 3.8) is 0 Å². The normalized spacial score (nSPS) is 12.4. The second kappa shape index (κ2) is 7.61. The van der Waals surface area contributed by atoms with Crippen molar-refractivity contribution in [3.05, 3.63) is 46.2 Å². The molecule has 0 aliphatic rings. The molecule has 2 rings (SSSR count). The molecule has 0 amide bonds. The topological polar surface area (TPSA) is 53.1 Å². The highest BCUT2D eigenvalue weighted by atomic mass is 79.9. The quantitative estimate of drug-likeness (QED) is 0.833. The summed E-state index contributed by atoms with van der Waals surface area (Å²) in [6, 6.07) is 9.88. The van der Waals surface area contributed by atoms with E-state index in [-0.39, 0.29) is 6.04 Å². The monoisotopic (exact) mass is 351 g/mol. The Morgan fingerprint density at radius 1 is 1.33 bits per heavy atom. The van der Waals surface area contributed by atoms with E-state index in [0.29, 0.717) is 6.61 Å². The minimum atomic E-state index is 0.0603. The molecule has 1 unspecified atom stereocenters. The van der Waals surface area contributed by atoms with Gasteiger partial charge >= 0.3 is 0 Å². The molecule has 5 heteroatoms. The molecule has 114 valence electrons. The number of hydrogen-bond acceptors (Lipinski definition) is 3. The second-order valence-electron chi connectivity index (χ2n) is 5.10. The van der Waals surface area contributed by atoms with Crippen molar-refractivity contribution in [2.75, 3.05) is 6.61 Å². The van der Waals surface area contributed by atoms with Gasteiger partial charge in [-0.2, -0.15) is 5.10 Å². The third-order valence-corrected chi connectivity index (χ3v) is 4.37. The van der Waals surface area contributed by atoms with Crippen LogP contribution in [0.5, 0.6) is 5.75 Å². The van der Waals surface area contributed by atoms with Gasteiger partial charge in [0.2, 0.25) is 0 Å². The first-order chi connectivity index (χ1) is 10.1. The minimum Gasteiger partial charge on any atom is -0.494 e. The van der Waals surface area contributed by atoms with Gasteiger partial charge in [0.25, 0.3) is 0 Å². The number of hydrogen-bond donors (Lipinski definition) is 1. The van der Waals surface area contributed by atoms with Crippen molar-refractivity contribution in [1.82, 2.24) is 9.78 Å². The molecular formula is C16H22BrN3O. The van der Waals surface area contributed by atoms with E-state index < -0.39 is 0 Å². The molecule has 0 aliphatic carbocycles. The molecule has 1 aromatic carbocycles. The van der Waals surface area contributed by atoms with E-state index >= 15 is 0 Å². The van der Waals surface area contributed by atoms with Crippen molar-refractivity contribution in [2.24, 2.45) is 12.8 Å². The molecule has 1 heterocycles. The lowest BCUT2D eigenvalue weighted by molar-refractivity contribution is 0.296. The van der Waals surface area contributed by atoms with Crippen LogP contribution in [0.3, 0.4) is 0 Å². The predicted molar refractivity (Wildman–Crippen MR) is 88.5 cm³/mol. The van der Waals surface area contributed by atoms with Crippen molar-refractivity contribution in [1.29, 1.82) is 0 Å². The molecule has 0 radical (unpaired) electrons. The number of halogens is 1. The first kappa shape index (κ1) is 16.0. The fourth-order valence-electron chi connectivity index (χ4n) is 2.24. The van der Waals surface area contributed by atoms with E-state index in [1.165, 1.54) is 0 Å². The standard InChI is InChI=1S/C16H22BrN3O/c1-3-14-16(17)15(20(2)19-14)11-12(18)9-10-21-13-7-5-4-6-8-13/h4-8,12H,3,9-11,18H2,1-2H3. The highest BCUT2D eigenvalue weighted by Gasteiger charge is 2.15. The minimum absolute atomic E-state index is 0.0603. The molecule has 0 saturated carbocycles. The van der Waals surface area contributed by atoms with E-state index in [9.17, 15) is 0 Å². The molecular weight excluding hydrogens is 330 g/mol. The maximum absolute atomic E-state index is 6.22. The number of ether oxygens (including phenoxy) is 1. The van der Waals surface area contributed by atoms with Gasteiger partial charge in [0.15, 0.2) is 0 Å².